The molecule has 0 fully saturated rings. The van der Waals surface area contributed by atoms with Crippen molar-refractivity contribution in [1.82, 2.24) is 10.3 Å². The zero-order valence-corrected chi connectivity index (χ0v) is 11.5. The quantitative estimate of drug-likeness (QED) is 0.870. The van der Waals surface area contributed by atoms with Gasteiger partial charge in [0.05, 0.1) is 11.2 Å². The van der Waals surface area contributed by atoms with Gasteiger partial charge < -0.3 is 10.4 Å². The Labute approximate surface area is 112 Å². The van der Waals surface area contributed by atoms with Crippen LogP contribution in [0.25, 0.3) is 0 Å². The summed E-state index contributed by atoms with van der Waals surface area (Å²) in [6.45, 7) is 4.96. The molecule has 0 bridgehead atoms. The molecule has 0 radical (unpaired) electrons. The van der Waals surface area contributed by atoms with E-state index in [9.17, 15) is 5.11 Å². The van der Waals surface area contributed by atoms with Gasteiger partial charge >= 0.3 is 0 Å². The fraction of sp³-hybridized carbons (Fsp3) is 0.357. The molecule has 1 atom stereocenters. The highest BCUT2D eigenvalue weighted by atomic mass is 32.1. The molecule has 0 aliphatic rings. The monoisotopic (exact) mass is 262 g/mol. The molecule has 1 aromatic heterocycles. The van der Waals surface area contributed by atoms with Crippen LogP contribution in [0.4, 0.5) is 0 Å². The van der Waals surface area contributed by atoms with Gasteiger partial charge in [-0.3, -0.25) is 0 Å². The van der Waals surface area contributed by atoms with E-state index < -0.39 is 0 Å². The lowest BCUT2D eigenvalue weighted by Crippen LogP contribution is -2.21. The van der Waals surface area contributed by atoms with Crippen LogP contribution in [-0.2, 0) is 6.42 Å². The largest absolute Gasteiger partial charge is 0.508 e. The van der Waals surface area contributed by atoms with Crippen molar-refractivity contribution in [3.63, 3.8) is 0 Å². The topological polar surface area (TPSA) is 45.1 Å². The van der Waals surface area contributed by atoms with Gasteiger partial charge in [0, 0.05) is 30.0 Å². The highest BCUT2D eigenvalue weighted by Gasteiger charge is 2.09. The molecule has 2 aromatic rings. The van der Waals surface area contributed by atoms with Gasteiger partial charge in [0.25, 0.3) is 0 Å². The molecule has 0 spiro atoms. The number of aromatic hydroxyl groups is 1. The summed E-state index contributed by atoms with van der Waals surface area (Å²) in [5, 5.41) is 15.3. The van der Waals surface area contributed by atoms with Gasteiger partial charge in [-0.05, 0) is 19.9 Å². The summed E-state index contributed by atoms with van der Waals surface area (Å²) in [7, 11) is 0. The number of phenols is 1. The molecule has 0 aliphatic heterocycles. The van der Waals surface area contributed by atoms with Crippen LogP contribution < -0.4 is 5.32 Å². The Balaban J connectivity index is 1.91. The molecule has 2 N–H and O–H groups in total. The van der Waals surface area contributed by atoms with Crippen molar-refractivity contribution in [2.75, 3.05) is 6.54 Å². The number of hydrogen-bond donors (Lipinski definition) is 2. The maximum Gasteiger partial charge on any atom is 0.120 e. The molecular weight excluding hydrogens is 244 g/mol. The van der Waals surface area contributed by atoms with Gasteiger partial charge in [-0.1, -0.05) is 17.7 Å². The van der Waals surface area contributed by atoms with Crippen LogP contribution in [0, 0.1) is 6.92 Å². The van der Waals surface area contributed by atoms with Crippen LogP contribution >= 0.6 is 11.3 Å². The maximum atomic E-state index is 9.84. The number of benzene rings is 1. The number of nitrogens with zero attached hydrogens (tertiary/aromatic N) is 1. The van der Waals surface area contributed by atoms with E-state index in [2.05, 4.69) is 22.6 Å². The van der Waals surface area contributed by atoms with Gasteiger partial charge in [0.1, 0.15) is 5.75 Å². The molecule has 1 heterocycles. The first-order valence-electron chi connectivity index (χ1n) is 6.07. The summed E-state index contributed by atoms with van der Waals surface area (Å²) in [5.74, 6) is 0.356. The van der Waals surface area contributed by atoms with Crippen molar-refractivity contribution in [1.29, 1.82) is 0 Å². The van der Waals surface area contributed by atoms with E-state index in [1.54, 1.807) is 17.4 Å². The van der Waals surface area contributed by atoms with Crippen LogP contribution in [0.5, 0.6) is 5.75 Å². The summed E-state index contributed by atoms with van der Waals surface area (Å²) in [5.41, 5.74) is 5.09. The summed E-state index contributed by atoms with van der Waals surface area (Å²) in [4.78, 5) is 4.25. The van der Waals surface area contributed by atoms with Gasteiger partial charge in [0.15, 0.2) is 0 Å². The summed E-state index contributed by atoms with van der Waals surface area (Å²) in [6, 6.07) is 5.84. The fourth-order valence-corrected chi connectivity index (χ4v) is 2.50. The lowest BCUT2D eigenvalue weighted by molar-refractivity contribution is 0.453. The molecule has 0 saturated carbocycles. The molecule has 96 valence electrons. The number of aromatic nitrogens is 1. The van der Waals surface area contributed by atoms with E-state index in [-0.39, 0.29) is 6.04 Å². The molecule has 0 aliphatic carbocycles. The Bertz CT molecular complexity index is 497. The SMILES string of the molecule is Cc1ccc(O)c(C(C)NCCc2cscn2)c1. The predicted molar refractivity (Wildman–Crippen MR) is 75.1 cm³/mol. The number of hydrogen-bond acceptors (Lipinski definition) is 4. The minimum absolute atomic E-state index is 0.142. The first kappa shape index (κ1) is 13.1. The van der Waals surface area contributed by atoms with Gasteiger partial charge in [0.2, 0.25) is 0 Å². The minimum atomic E-state index is 0.142. The Hall–Kier alpha value is -1.39. The Morgan fingerprint density at radius 2 is 2.28 bits per heavy atom. The summed E-state index contributed by atoms with van der Waals surface area (Å²) in [6.07, 6.45) is 0.917. The number of phenolic OH excluding ortho intramolecular Hbond substituents is 1. The third-order valence-electron chi connectivity index (χ3n) is 2.96. The van der Waals surface area contributed by atoms with Crippen molar-refractivity contribution < 1.29 is 5.11 Å². The standard InChI is InChI=1S/C14H18N2OS/c1-10-3-4-14(17)13(7-10)11(2)15-6-5-12-8-18-9-16-12/h3-4,7-9,11,15,17H,5-6H2,1-2H3. The molecule has 1 aromatic carbocycles. The van der Waals surface area contributed by atoms with E-state index in [4.69, 9.17) is 0 Å². The normalized spacial score (nSPS) is 12.6. The maximum absolute atomic E-state index is 9.84. The zero-order chi connectivity index (χ0) is 13.0. The average Bonchev–Trinajstić information content (AvgIpc) is 2.85. The summed E-state index contributed by atoms with van der Waals surface area (Å²) < 4.78 is 0. The van der Waals surface area contributed by atoms with E-state index in [1.165, 1.54) is 0 Å². The van der Waals surface area contributed by atoms with E-state index in [0.29, 0.717) is 5.75 Å². The minimum Gasteiger partial charge on any atom is -0.508 e. The second kappa shape index (κ2) is 5.98. The van der Waals surface area contributed by atoms with Crippen molar-refractivity contribution in [3.05, 3.63) is 45.9 Å². The van der Waals surface area contributed by atoms with Crippen LogP contribution in [-0.4, -0.2) is 16.6 Å². The van der Waals surface area contributed by atoms with Gasteiger partial charge in [-0.25, -0.2) is 4.98 Å². The Morgan fingerprint density at radius 1 is 1.44 bits per heavy atom. The lowest BCUT2D eigenvalue weighted by atomic mass is 10.0. The smallest absolute Gasteiger partial charge is 0.120 e. The van der Waals surface area contributed by atoms with Crippen LogP contribution in [0.3, 0.4) is 0 Å². The third-order valence-corrected chi connectivity index (χ3v) is 3.60. The first-order valence-corrected chi connectivity index (χ1v) is 7.01. The van der Waals surface area contributed by atoms with Crippen molar-refractivity contribution in [3.8, 4) is 5.75 Å². The molecule has 3 nitrogen and oxygen atoms in total. The fourth-order valence-electron chi connectivity index (χ4n) is 1.91. The highest BCUT2D eigenvalue weighted by Crippen LogP contribution is 2.24. The summed E-state index contributed by atoms with van der Waals surface area (Å²) >= 11 is 1.62. The van der Waals surface area contributed by atoms with Crippen molar-refractivity contribution in [2.24, 2.45) is 0 Å². The van der Waals surface area contributed by atoms with Crippen molar-refractivity contribution >= 4 is 11.3 Å². The van der Waals surface area contributed by atoms with Crippen LogP contribution in [0.2, 0.25) is 0 Å². The first-order chi connectivity index (χ1) is 8.66. The third kappa shape index (κ3) is 3.31. The van der Waals surface area contributed by atoms with Crippen LogP contribution in [0.15, 0.2) is 29.1 Å². The number of nitrogens with one attached hydrogen (secondary N) is 1. The molecule has 18 heavy (non-hydrogen) atoms. The number of aryl methyl sites for hydroxylation is 1. The van der Waals surface area contributed by atoms with Crippen LogP contribution in [0.1, 0.15) is 29.8 Å². The second-order valence-electron chi connectivity index (χ2n) is 4.47. The Morgan fingerprint density at radius 3 is 3.00 bits per heavy atom. The number of thiazole rings is 1. The second-order valence-corrected chi connectivity index (χ2v) is 5.19. The average molecular weight is 262 g/mol. The Kier molecular flexibility index (Phi) is 4.33. The van der Waals surface area contributed by atoms with E-state index >= 15 is 0 Å². The molecule has 1 unspecified atom stereocenters. The zero-order valence-electron chi connectivity index (χ0n) is 10.7. The molecule has 0 saturated heterocycles. The van der Waals surface area contributed by atoms with Gasteiger partial charge in [-0.15, -0.1) is 11.3 Å². The molecular formula is C14H18N2OS. The molecule has 4 heteroatoms. The molecule has 0 amide bonds. The lowest BCUT2D eigenvalue weighted by Gasteiger charge is -2.15. The number of rotatable bonds is 5. The molecule has 2 rings (SSSR count). The highest BCUT2D eigenvalue weighted by molar-refractivity contribution is 7.07. The predicted octanol–water partition coefficient (Wildman–Crippen LogP) is 3.05. The van der Waals surface area contributed by atoms with Crippen molar-refractivity contribution in [2.45, 2.75) is 26.3 Å². The van der Waals surface area contributed by atoms with E-state index in [1.807, 2.05) is 24.6 Å². The van der Waals surface area contributed by atoms with Gasteiger partial charge in [-0.2, -0.15) is 0 Å². The van der Waals surface area contributed by atoms with E-state index in [0.717, 1.165) is 29.8 Å².